The highest BCUT2D eigenvalue weighted by molar-refractivity contribution is 5.55. The molecule has 0 bridgehead atoms. The average Bonchev–Trinajstić information content (AvgIpc) is 3.30. The van der Waals surface area contributed by atoms with Gasteiger partial charge in [0.15, 0.2) is 0 Å². The predicted molar refractivity (Wildman–Crippen MR) is 90.2 cm³/mol. The molecule has 2 aliphatic heterocycles. The number of nitrogens with one attached hydrogen (secondary N) is 1. The van der Waals surface area contributed by atoms with Crippen molar-refractivity contribution in [3.8, 4) is 0 Å². The topological polar surface area (TPSA) is 24.5 Å². The average molecular weight is 300 g/mol. The quantitative estimate of drug-likeness (QED) is 0.924. The summed E-state index contributed by atoms with van der Waals surface area (Å²) in [6.45, 7) is 7.71. The van der Waals surface area contributed by atoms with Crippen LogP contribution in [0.5, 0.6) is 0 Å². The minimum Gasteiger partial charge on any atom is -0.381 e. The van der Waals surface area contributed by atoms with Crippen LogP contribution in [0.15, 0.2) is 24.3 Å². The van der Waals surface area contributed by atoms with E-state index in [2.05, 4.69) is 41.4 Å². The van der Waals surface area contributed by atoms with Crippen LogP contribution in [0.4, 0.5) is 5.69 Å². The van der Waals surface area contributed by atoms with Crippen LogP contribution in [-0.4, -0.2) is 32.8 Å². The lowest BCUT2D eigenvalue weighted by atomic mass is 10.0. The van der Waals surface area contributed by atoms with E-state index < -0.39 is 0 Å². The molecule has 3 aliphatic rings. The van der Waals surface area contributed by atoms with Gasteiger partial charge < -0.3 is 15.0 Å². The fourth-order valence-electron chi connectivity index (χ4n) is 4.59. The number of nitrogens with zero attached hydrogens (tertiary/aromatic N) is 1. The number of para-hydroxylation sites is 1. The van der Waals surface area contributed by atoms with Gasteiger partial charge in [-0.1, -0.05) is 18.2 Å². The van der Waals surface area contributed by atoms with Gasteiger partial charge in [0.25, 0.3) is 0 Å². The van der Waals surface area contributed by atoms with Crippen molar-refractivity contribution >= 4 is 5.69 Å². The lowest BCUT2D eigenvalue weighted by molar-refractivity contribution is 0.0884. The summed E-state index contributed by atoms with van der Waals surface area (Å²) >= 11 is 0. The maximum Gasteiger partial charge on any atom is 0.0500 e. The van der Waals surface area contributed by atoms with Crippen LogP contribution in [0.3, 0.4) is 0 Å². The van der Waals surface area contributed by atoms with Gasteiger partial charge in [0.05, 0.1) is 0 Å². The number of anilines is 1. The third kappa shape index (κ3) is 2.65. The Kier molecular flexibility index (Phi) is 4.10. The van der Waals surface area contributed by atoms with Crippen molar-refractivity contribution in [3.63, 3.8) is 0 Å². The Bertz CT molecular complexity index is 506. The Balaban J connectivity index is 1.45. The normalized spacial score (nSPS) is 33.8. The zero-order valence-electron chi connectivity index (χ0n) is 13.6. The second-order valence-corrected chi connectivity index (χ2v) is 7.10. The summed E-state index contributed by atoms with van der Waals surface area (Å²) in [6.07, 6.45) is 3.81. The monoisotopic (exact) mass is 300 g/mol. The number of hydrogen-bond donors (Lipinski definition) is 1. The number of benzene rings is 1. The first-order valence-electron chi connectivity index (χ1n) is 9.03. The number of rotatable bonds is 4. The molecule has 120 valence electrons. The summed E-state index contributed by atoms with van der Waals surface area (Å²) in [7, 11) is 0. The Morgan fingerprint density at radius 1 is 1.23 bits per heavy atom. The molecule has 0 radical (unpaired) electrons. The standard InChI is InChI=1S/C19H28N2O/c1-2-21-10-5-7-18(15-6-3-4-8-19(15)21)20-12-16-14-9-11-22-13-17(14)16/h3-4,6,8,14,16-18,20H,2,5,7,9-13H2,1H3. The van der Waals surface area contributed by atoms with E-state index in [9.17, 15) is 0 Å². The van der Waals surface area contributed by atoms with Gasteiger partial charge in [0.2, 0.25) is 0 Å². The van der Waals surface area contributed by atoms with Gasteiger partial charge in [-0.3, -0.25) is 0 Å². The molecule has 2 heterocycles. The summed E-state index contributed by atoms with van der Waals surface area (Å²) in [5, 5.41) is 3.90. The van der Waals surface area contributed by atoms with Crippen molar-refractivity contribution in [2.75, 3.05) is 37.7 Å². The molecule has 1 aromatic rings. The van der Waals surface area contributed by atoms with Gasteiger partial charge in [0.1, 0.15) is 0 Å². The summed E-state index contributed by atoms with van der Waals surface area (Å²) in [6, 6.07) is 9.51. The second-order valence-electron chi connectivity index (χ2n) is 7.10. The molecule has 1 saturated carbocycles. The first kappa shape index (κ1) is 14.5. The van der Waals surface area contributed by atoms with Gasteiger partial charge in [-0.25, -0.2) is 0 Å². The fraction of sp³-hybridized carbons (Fsp3) is 0.684. The maximum absolute atomic E-state index is 5.62. The molecule has 0 spiro atoms. The molecule has 4 unspecified atom stereocenters. The van der Waals surface area contributed by atoms with E-state index in [1.54, 1.807) is 0 Å². The molecular formula is C19H28N2O. The van der Waals surface area contributed by atoms with Crippen molar-refractivity contribution in [2.45, 2.75) is 32.2 Å². The van der Waals surface area contributed by atoms with Crippen LogP contribution in [0.2, 0.25) is 0 Å². The van der Waals surface area contributed by atoms with Crippen LogP contribution >= 0.6 is 0 Å². The number of fused-ring (bicyclic) bond motifs is 2. The van der Waals surface area contributed by atoms with Gasteiger partial charge >= 0.3 is 0 Å². The lowest BCUT2D eigenvalue weighted by Crippen LogP contribution is -2.25. The number of ether oxygens (including phenoxy) is 1. The van der Waals surface area contributed by atoms with E-state index in [0.29, 0.717) is 6.04 Å². The molecular weight excluding hydrogens is 272 g/mol. The van der Waals surface area contributed by atoms with Gasteiger partial charge in [-0.2, -0.15) is 0 Å². The molecule has 3 nitrogen and oxygen atoms in total. The summed E-state index contributed by atoms with van der Waals surface area (Å²) in [5.74, 6) is 2.64. The van der Waals surface area contributed by atoms with Crippen molar-refractivity contribution < 1.29 is 4.74 Å². The second kappa shape index (κ2) is 6.21. The Labute approximate surface area is 134 Å². The largest absolute Gasteiger partial charge is 0.381 e. The van der Waals surface area contributed by atoms with Gasteiger partial charge in [-0.15, -0.1) is 0 Å². The minimum absolute atomic E-state index is 0.524. The van der Waals surface area contributed by atoms with E-state index in [0.717, 1.165) is 37.5 Å². The van der Waals surface area contributed by atoms with Gasteiger partial charge in [0, 0.05) is 38.0 Å². The van der Waals surface area contributed by atoms with Crippen molar-refractivity contribution in [2.24, 2.45) is 17.8 Å². The number of hydrogen-bond acceptors (Lipinski definition) is 3. The Morgan fingerprint density at radius 2 is 2.14 bits per heavy atom. The van der Waals surface area contributed by atoms with E-state index in [1.165, 1.54) is 43.6 Å². The molecule has 2 fully saturated rings. The van der Waals surface area contributed by atoms with E-state index >= 15 is 0 Å². The molecule has 4 rings (SSSR count). The maximum atomic E-state index is 5.62. The smallest absolute Gasteiger partial charge is 0.0500 e. The highest BCUT2D eigenvalue weighted by atomic mass is 16.5. The Morgan fingerprint density at radius 3 is 2.95 bits per heavy atom. The third-order valence-corrected chi connectivity index (χ3v) is 5.97. The summed E-state index contributed by atoms with van der Waals surface area (Å²) in [5.41, 5.74) is 2.94. The minimum atomic E-state index is 0.524. The molecule has 1 aliphatic carbocycles. The van der Waals surface area contributed by atoms with Crippen LogP contribution in [-0.2, 0) is 4.74 Å². The summed E-state index contributed by atoms with van der Waals surface area (Å²) in [4.78, 5) is 2.53. The molecule has 4 atom stereocenters. The van der Waals surface area contributed by atoms with Crippen molar-refractivity contribution in [3.05, 3.63) is 29.8 Å². The van der Waals surface area contributed by atoms with Crippen molar-refractivity contribution in [1.82, 2.24) is 5.32 Å². The van der Waals surface area contributed by atoms with Gasteiger partial charge in [-0.05, 0) is 62.1 Å². The van der Waals surface area contributed by atoms with Crippen LogP contribution in [0.25, 0.3) is 0 Å². The lowest BCUT2D eigenvalue weighted by Gasteiger charge is -2.24. The zero-order valence-corrected chi connectivity index (χ0v) is 13.6. The molecule has 1 saturated heterocycles. The molecule has 1 aromatic carbocycles. The van der Waals surface area contributed by atoms with Crippen LogP contribution in [0, 0.1) is 17.8 Å². The first-order chi connectivity index (χ1) is 10.9. The Hall–Kier alpha value is -1.06. The molecule has 1 N–H and O–H groups in total. The summed E-state index contributed by atoms with van der Waals surface area (Å²) < 4.78 is 5.62. The highest BCUT2D eigenvalue weighted by Crippen LogP contribution is 2.50. The third-order valence-electron chi connectivity index (χ3n) is 5.97. The van der Waals surface area contributed by atoms with E-state index in [4.69, 9.17) is 4.74 Å². The van der Waals surface area contributed by atoms with E-state index in [-0.39, 0.29) is 0 Å². The fourth-order valence-corrected chi connectivity index (χ4v) is 4.59. The predicted octanol–water partition coefficient (Wildman–Crippen LogP) is 3.22. The molecule has 0 amide bonds. The first-order valence-corrected chi connectivity index (χ1v) is 9.03. The SMILES string of the molecule is CCN1CCCC(NCC2C3CCOCC32)c2ccccc21. The van der Waals surface area contributed by atoms with Crippen LogP contribution < -0.4 is 10.2 Å². The molecule has 0 aromatic heterocycles. The van der Waals surface area contributed by atoms with Crippen LogP contribution in [0.1, 0.15) is 37.8 Å². The van der Waals surface area contributed by atoms with Crippen molar-refractivity contribution in [1.29, 1.82) is 0 Å². The zero-order chi connectivity index (χ0) is 14.9. The molecule has 3 heteroatoms. The highest BCUT2D eigenvalue weighted by Gasteiger charge is 2.50. The van der Waals surface area contributed by atoms with E-state index in [1.807, 2.05) is 0 Å². The molecule has 22 heavy (non-hydrogen) atoms.